The smallest absolute Gasteiger partial charge is 0.261 e. The Morgan fingerprint density at radius 1 is 0.800 bits per heavy atom. The summed E-state index contributed by atoms with van der Waals surface area (Å²) in [6, 6.07) is 18.8. The van der Waals surface area contributed by atoms with Crippen LogP contribution in [0.5, 0.6) is 0 Å². The summed E-state index contributed by atoms with van der Waals surface area (Å²) in [5.74, 6) is 0. The van der Waals surface area contributed by atoms with Crippen molar-refractivity contribution in [3.63, 3.8) is 0 Å². The molecule has 0 aliphatic rings. The molecule has 0 aliphatic carbocycles. The molecular weight excluding hydrogens is 330 g/mol. The van der Waals surface area contributed by atoms with Gasteiger partial charge >= 0.3 is 0 Å². The molecule has 4 heteroatoms. The lowest BCUT2D eigenvalue weighted by Gasteiger charge is -2.19. The Morgan fingerprint density at radius 2 is 1.40 bits per heavy atom. The first-order chi connectivity index (χ1) is 11.6. The molecule has 3 rings (SSSR count). The Hall–Kier alpha value is -2.33. The van der Waals surface area contributed by atoms with E-state index in [9.17, 15) is 8.42 Å². The number of rotatable bonds is 3. The predicted octanol–water partition coefficient (Wildman–Crippen LogP) is 5.25. The standard InChI is InChI=1S/C21H23NO2S/c1-15-5-6-17-14-19(10-7-16(17)13-15)22-25(23,24)20-11-8-18(9-12-20)21(2,3)4/h5-14,22H,1-4H3. The summed E-state index contributed by atoms with van der Waals surface area (Å²) < 4.78 is 28.0. The molecule has 130 valence electrons. The van der Waals surface area contributed by atoms with Crippen LogP contribution in [0.15, 0.2) is 65.6 Å². The fourth-order valence-electron chi connectivity index (χ4n) is 2.78. The number of nitrogens with one attached hydrogen (secondary N) is 1. The highest BCUT2D eigenvalue weighted by Gasteiger charge is 2.17. The minimum absolute atomic E-state index is 0.00774. The normalized spacial score (nSPS) is 12.3. The Balaban J connectivity index is 1.89. The molecule has 0 atom stereocenters. The van der Waals surface area contributed by atoms with Gasteiger partial charge in [0.05, 0.1) is 4.90 Å². The van der Waals surface area contributed by atoms with Gasteiger partial charge in [-0.05, 0) is 52.9 Å². The summed E-state index contributed by atoms with van der Waals surface area (Å²) in [5, 5.41) is 2.10. The molecule has 25 heavy (non-hydrogen) atoms. The minimum atomic E-state index is -3.60. The average Bonchev–Trinajstić information content (AvgIpc) is 2.54. The van der Waals surface area contributed by atoms with Crippen LogP contribution in [-0.4, -0.2) is 8.42 Å². The lowest BCUT2D eigenvalue weighted by atomic mass is 9.87. The van der Waals surface area contributed by atoms with Gasteiger partial charge in [0, 0.05) is 5.69 Å². The monoisotopic (exact) mass is 353 g/mol. The third kappa shape index (κ3) is 3.85. The molecule has 0 unspecified atom stereocenters. The number of hydrogen-bond acceptors (Lipinski definition) is 2. The molecule has 0 spiro atoms. The van der Waals surface area contributed by atoms with E-state index in [-0.39, 0.29) is 10.3 Å². The number of sulfonamides is 1. The Kier molecular flexibility index (Phi) is 4.33. The fraction of sp³-hybridized carbons (Fsp3) is 0.238. The highest BCUT2D eigenvalue weighted by atomic mass is 32.2. The Bertz CT molecular complexity index is 1010. The molecule has 3 nitrogen and oxygen atoms in total. The largest absolute Gasteiger partial charge is 0.280 e. The van der Waals surface area contributed by atoms with E-state index in [1.807, 2.05) is 43.3 Å². The lowest BCUT2D eigenvalue weighted by Crippen LogP contribution is -2.14. The van der Waals surface area contributed by atoms with E-state index in [0.29, 0.717) is 5.69 Å². The minimum Gasteiger partial charge on any atom is -0.280 e. The molecule has 0 fully saturated rings. The van der Waals surface area contributed by atoms with E-state index < -0.39 is 10.0 Å². The molecule has 0 heterocycles. The number of anilines is 1. The quantitative estimate of drug-likeness (QED) is 0.699. The summed E-state index contributed by atoms with van der Waals surface area (Å²) >= 11 is 0. The molecule has 0 saturated carbocycles. The van der Waals surface area contributed by atoms with Crippen molar-refractivity contribution in [1.82, 2.24) is 0 Å². The summed E-state index contributed by atoms with van der Waals surface area (Å²) in [5.41, 5.74) is 2.84. The summed E-state index contributed by atoms with van der Waals surface area (Å²) in [4.78, 5) is 0.268. The van der Waals surface area contributed by atoms with Gasteiger partial charge in [-0.1, -0.05) is 62.7 Å². The second-order valence-electron chi connectivity index (χ2n) is 7.45. The Labute approximate surface area is 149 Å². The van der Waals surface area contributed by atoms with E-state index in [1.54, 1.807) is 18.2 Å². The molecule has 0 aromatic heterocycles. The van der Waals surface area contributed by atoms with Gasteiger partial charge < -0.3 is 0 Å². The third-order valence-corrected chi connectivity index (χ3v) is 5.68. The number of fused-ring (bicyclic) bond motifs is 1. The zero-order chi connectivity index (χ0) is 18.2. The van der Waals surface area contributed by atoms with Gasteiger partial charge in [0.25, 0.3) is 10.0 Å². The highest BCUT2D eigenvalue weighted by molar-refractivity contribution is 7.92. The molecule has 0 aliphatic heterocycles. The molecule has 0 radical (unpaired) electrons. The van der Waals surface area contributed by atoms with E-state index >= 15 is 0 Å². The maximum atomic E-state index is 12.6. The van der Waals surface area contributed by atoms with Gasteiger partial charge in [0.2, 0.25) is 0 Å². The van der Waals surface area contributed by atoms with Crippen molar-refractivity contribution >= 4 is 26.5 Å². The average molecular weight is 353 g/mol. The molecule has 0 bridgehead atoms. The summed E-state index contributed by atoms with van der Waals surface area (Å²) in [6.07, 6.45) is 0. The van der Waals surface area contributed by atoms with Gasteiger partial charge in [0.1, 0.15) is 0 Å². The number of benzene rings is 3. The predicted molar refractivity (Wildman–Crippen MR) is 105 cm³/mol. The zero-order valence-corrected chi connectivity index (χ0v) is 15.8. The number of hydrogen-bond donors (Lipinski definition) is 1. The van der Waals surface area contributed by atoms with Crippen molar-refractivity contribution in [3.8, 4) is 0 Å². The van der Waals surface area contributed by atoms with Crippen LogP contribution < -0.4 is 4.72 Å². The molecule has 3 aromatic carbocycles. The van der Waals surface area contributed by atoms with Gasteiger partial charge in [-0.15, -0.1) is 0 Å². The summed E-state index contributed by atoms with van der Waals surface area (Å²) in [7, 11) is -3.60. The first kappa shape index (κ1) is 17.5. The van der Waals surface area contributed by atoms with E-state index in [4.69, 9.17) is 0 Å². The summed E-state index contributed by atoms with van der Waals surface area (Å²) in [6.45, 7) is 8.35. The van der Waals surface area contributed by atoms with Crippen molar-refractivity contribution < 1.29 is 8.42 Å². The van der Waals surface area contributed by atoms with Crippen molar-refractivity contribution in [2.45, 2.75) is 38.0 Å². The molecule has 3 aromatic rings. The van der Waals surface area contributed by atoms with Gasteiger partial charge in [-0.2, -0.15) is 0 Å². The molecule has 1 N–H and O–H groups in total. The fourth-order valence-corrected chi connectivity index (χ4v) is 3.83. The van der Waals surface area contributed by atoms with Crippen LogP contribution in [-0.2, 0) is 15.4 Å². The van der Waals surface area contributed by atoms with Crippen LogP contribution in [0.3, 0.4) is 0 Å². The zero-order valence-electron chi connectivity index (χ0n) is 15.0. The van der Waals surface area contributed by atoms with Crippen LogP contribution in [0.2, 0.25) is 0 Å². The SMILES string of the molecule is Cc1ccc2cc(NS(=O)(=O)c3ccc(C(C)(C)C)cc3)ccc2c1. The second kappa shape index (κ2) is 6.19. The molecular formula is C21H23NO2S. The number of aryl methyl sites for hydroxylation is 1. The van der Waals surface area contributed by atoms with E-state index in [1.165, 1.54) is 5.56 Å². The van der Waals surface area contributed by atoms with Crippen molar-refractivity contribution in [2.24, 2.45) is 0 Å². The van der Waals surface area contributed by atoms with Crippen LogP contribution in [0.4, 0.5) is 5.69 Å². The topological polar surface area (TPSA) is 46.2 Å². The van der Waals surface area contributed by atoms with Gasteiger partial charge in [0.15, 0.2) is 0 Å². The maximum Gasteiger partial charge on any atom is 0.261 e. The van der Waals surface area contributed by atoms with Crippen LogP contribution in [0.25, 0.3) is 10.8 Å². The first-order valence-corrected chi connectivity index (χ1v) is 9.77. The van der Waals surface area contributed by atoms with Gasteiger partial charge in [-0.25, -0.2) is 8.42 Å². The first-order valence-electron chi connectivity index (χ1n) is 8.29. The van der Waals surface area contributed by atoms with Crippen molar-refractivity contribution in [2.75, 3.05) is 4.72 Å². The van der Waals surface area contributed by atoms with E-state index in [2.05, 4.69) is 31.6 Å². The van der Waals surface area contributed by atoms with Crippen molar-refractivity contribution in [3.05, 3.63) is 71.8 Å². The van der Waals surface area contributed by atoms with Crippen LogP contribution >= 0.6 is 0 Å². The lowest BCUT2D eigenvalue weighted by molar-refractivity contribution is 0.587. The van der Waals surface area contributed by atoms with E-state index in [0.717, 1.165) is 16.3 Å². The maximum absolute atomic E-state index is 12.6. The molecule has 0 amide bonds. The van der Waals surface area contributed by atoms with Crippen LogP contribution in [0.1, 0.15) is 31.9 Å². The van der Waals surface area contributed by atoms with Gasteiger partial charge in [-0.3, -0.25) is 4.72 Å². The Morgan fingerprint density at radius 3 is 2.04 bits per heavy atom. The second-order valence-corrected chi connectivity index (χ2v) is 9.13. The van der Waals surface area contributed by atoms with Crippen LogP contribution in [0, 0.1) is 6.92 Å². The van der Waals surface area contributed by atoms with Crippen molar-refractivity contribution in [1.29, 1.82) is 0 Å². The highest BCUT2D eigenvalue weighted by Crippen LogP contribution is 2.25. The third-order valence-electron chi connectivity index (χ3n) is 4.28. The molecule has 0 saturated heterocycles.